The second kappa shape index (κ2) is 4.31. The van der Waals surface area contributed by atoms with Crippen LogP contribution in [0.5, 0.6) is 0 Å². The number of rotatable bonds is 3. The SMILES string of the molecule is CC(=O)c1c(C)nsc1NC1CCCC1. The summed E-state index contributed by atoms with van der Waals surface area (Å²) >= 11 is 1.41. The number of Topliss-reactive ketones (excluding diaryl/α,β-unsaturated/α-hetero) is 1. The van der Waals surface area contributed by atoms with Gasteiger partial charge in [-0.25, -0.2) is 0 Å². The molecule has 1 N–H and O–H groups in total. The highest BCUT2D eigenvalue weighted by Crippen LogP contribution is 2.29. The minimum Gasteiger partial charge on any atom is -0.372 e. The third kappa shape index (κ3) is 2.20. The average Bonchev–Trinajstić information content (AvgIpc) is 2.76. The summed E-state index contributed by atoms with van der Waals surface area (Å²) in [5.74, 6) is 0.113. The second-order valence-corrected chi connectivity index (χ2v) is 4.93. The number of nitrogens with zero attached hydrogens (tertiary/aromatic N) is 1. The van der Waals surface area contributed by atoms with E-state index < -0.39 is 0 Å². The lowest BCUT2D eigenvalue weighted by Crippen LogP contribution is -2.15. The van der Waals surface area contributed by atoms with Crippen LogP contribution in [0.1, 0.15) is 48.7 Å². The lowest BCUT2D eigenvalue weighted by Gasteiger charge is -2.11. The predicted octanol–water partition coefficient (Wildman–Crippen LogP) is 3.01. The van der Waals surface area contributed by atoms with Crippen molar-refractivity contribution in [2.75, 3.05) is 5.32 Å². The van der Waals surface area contributed by atoms with Crippen LogP contribution in [0.3, 0.4) is 0 Å². The van der Waals surface area contributed by atoms with Crippen molar-refractivity contribution in [1.29, 1.82) is 0 Å². The maximum atomic E-state index is 11.4. The molecule has 4 heteroatoms. The Morgan fingerprint density at radius 1 is 1.47 bits per heavy atom. The summed E-state index contributed by atoms with van der Waals surface area (Å²) < 4.78 is 4.24. The van der Waals surface area contributed by atoms with Crippen LogP contribution in [0.25, 0.3) is 0 Å². The number of ketones is 1. The fourth-order valence-corrected chi connectivity index (χ4v) is 3.06. The van der Waals surface area contributed by atoms with Gasteiger partial charge in [0.25, 0.3) is 0 Å². The third-order valence-corrected chi connectivity index (χ3v) is 3.77. The molecule has 3 nitrogen and oxygen atoms in total. The summed E-state index contributed by atoms with van der Waals surface area (Å²) in [4.78, 5) is 11.4. The van der Waals surface area contributed by atoms with Crippen molar-refractivity contribution in [2.45, 2.75) is 45.6 Å². The molecule has 1 aromatic rings. The summed E-state index contributed by atoms with van der Waals surface area (Å²) in [5, 5.41) is 4.41. The Balaban J connectivity index is 2.16. The number of aromatic nitrogens is 1. The molecule has 0 saturated heterocycles. The van der Waals surface area contributed by atoms with E-state index in [4.69, 9.17) is 0 Å². The van der Waals surface area contributed by atoms with Crippen LogP contribution in [-0.4, -0.2) is 16.2 Å². The van der Waals surface area contributed by atoms with Gasteiger partial charge in [-0.2, -0.15) is 4.37 Å². The van der Waals surface area contributed by atoms with Crippen molar-refractivity contribution < 1.29 is 4.79 Å². The minimum atomic E-state index is 0.113. The third-order valence-electron chi connectivity index (χ3n) is 2.91. The molecule has 0 amide bonds. The average molecular weight is 224 g/mol. The quantitative estimate of drug-likeness (QED) is 0.802. The predicted molar refractivity (Wildman–Crippen MR) is 62.7 cm³/mol. The van der Waals surface area contributed by atoms with Gasteiger partial charge in [0.2, 0.25) is 0 Å². The molecular weight excluding hydrogens is 208 g/mol. The fourth-order valence-electron chi connectivity index (χ4n) is 2.14. The van der Waals surface area contributed by atoms with Gasteiger partial charge in [-0.1, -0.05) is 12.8 Å². The van der Waals surface area contributed by atoms with Crippen LogP contribution in [0.15, 0.2) is 0 Å². The van der Waals surface area contributed by atoms with Gasteiger partial charge >= 0.3 is 0 Å². The van der Waals surface area contributed by atoms with Crippen molar-refractivity contribution in [3.8, 4) is 0 Å². The molecule has 1 fully saturated rings. The van der Waals surface area contributed by atoms with Gasteiger partial charge in [-0.3, -0.25) is 4.79 Å². The first kappa shape index (κ1) is 10.6. The van der Waals surface area contributed by atoms with Crippen molar-refractivity contribution in [3.05, 3.63) is 11.3 Å². The molecule has 0 aromatic carbocycles. The van der Waals surface area contributed by atoms with Crippen molar-refractivity contribution in [2.24, 2.45) is 0 Å². The zero-order valence-electron chi connectivity index (χ0n) is 9.17. The maximum Gasteiger partial charge on any atom is 0.164 e. The molecule has 82 valence electrons. The van der Waals surface area contributed by atoms with Crippen molar-refractivity contribution >= 4 is 22.3 Å². The number of carbonyl (C=O) groups excluding carboxylic acids is 1. The smallest absolute Gasteiger partial charge is 0.164 e. The van der Waals surface area contributed by atoms with Gasteiger partial charge in [-0.15, -0.1) is 0 Å². The molecule has 0 bridgehead atoms. The van der Waals surface area contributed by atoms with Crippen molar-refractivity contribution in [1.82, 2.24) is 4.37 Å². The number of aryl methyl sites for hydroxylation is 1. The molecule has 0 aliphatic heterocycles. The van der Waals surface area contributed by atoms with Crippen LogP contribution in [0.4, 0.5) is 5.00 Å². The van der Waals surface area contributed by atoms with E-state index in [0.717, 1.165) is 16.3 Å². The largest absolute Gasteiger partial charge is 0.372 e. The molecule has 2 rings (SSSR count). The molecule has 1 aromatic heterocycles. The summed E-state index contributed by atoms with van der Waals surface area (Å²) in [6, 6.07) is 0.544. The lowest BCUT2D eigenvalue weighted by atomic mass is 10.1. The van der Waals surface area contributed by atoms with Gasteiger partial charge in [0.05, 0.1) is 11.3 Å². The van der Waals surface area contributed by atoms with Gasteiger partial charge in [0.1, 0.15) is 5.00 Å². The summed E-state index contributed by atoms with van der Waals surface area (Å²) in [6.45, 7) is 3.50. The van der Waals surface area contributed by atoms with Crippen LogP contribution in [0, 0.1) is 6.92 Å². The summed E-state index contributed by atoms with van der Waals surface area (Å²) in [5.41, 5.74) is 1.64. The highest BCUT2D eigenvalue weighted by atomic mass is 32.1. The number of hydrogen-bond acceptors (Lipinski definition) is 4. The summed E-state index contributed by atoms with van der Waals surface area (Å²) in [6.07, 6.45) is 5.03. The second-order valence-electron chi connectivity index (χ2n) is 4.15. The molecule has 1 aliphatic carbocycles. The number of nitrogens with one attached hydrogen (secondary N) is 1. The number of anilines is 1. The highest BCUT2D eigenvalue weighted by molar-refractivity contribution is 7.10. The Hall–Kier alpha value is -0.900. The first-order valence-corrected chi connectivity index (χ1v) is 6.19. The zero-order valence-corrected chi connectivity index (χ0v) is 9.99. The Morgan fingerprint density at radius 3 is 2.73 bits per heavy atom. The van der Waals surface area contributed by atoms with E-state index in [1.165, 1.54) is 37.2 Å². The molecule has 15 heavy (non-hydrogen) atoms. The molecule has 1 aliphatic rings. The van der Waals surface area contributed by atoms with Crippen LogP contribution in [0.2, 0.25) is 0 Å². The molecule has 1 heterocycles. The standard InChI is InChI=1S/C11H16N2OS/c1-7-10(8(2)14)11(15-13-7)12-9-5-3-4-6-9/h9,12H,3-6H2,1-2H3. The summed E-state index contributed by atoms with van der Waals surface area (Å²) in [7, 11) is 0. The molecule has 0 spiro atoms. The number of carbonyl (C=O) groups is 1. The molecule has 1 saturated carbocycles. The number of hydrogen-bond donors (Lipinski definition) is 1. The topological polar surface area (TPSA) is 42.0 Å². The Bertz CT molecular complexity index is 367. The van der Waals surface area contributed by atoms with Crippen LogP contribution < -0.4 is 5.32 Å². The van der Waals surface area contributed by atoms with Gasteiger partial charge in [-0.05, 0) is 38.2 Å². The Morgan fingerprint density at radius 2 is 2.13 bits per heavy atom. The van der Waals surface area contributed by atoms with E-state index in [1.807, 2.05) is 6.92 Å². The fraction of sp³-hybridized carbons (Fsp3) is 0.636. The molecule has 0 atom stereocenters. The van der Waals surface area contributed by atoms with E-state index in [1.54, 1.807) is 6.92 Å². The molecule has 0 radical (unpaired) electrons. The minimum absolute atomic E-state index is 0.113. The maximum absolute atomic E-state index is 11.4. The highest BCUT2D eigenvalue weighted by Gasteiger charge is 2.20. The van der Waals surface area contributed by atoms with Gasteiger partial charge in [0.15, 0.2) is 5.78 Å². The zero-order chi connectivity index (χ0) is 10.8. The van der Waals surface area contributed by atoms with Crippen LogP contribution >= 0.6 is 11.5 Å². The van der Waals surface area contributed by atoms with E-state index in [-0.39, 0.29) is 5.78 Å². The van der Waals surface area contributed by atoms with E-state index >= 15 is 0 Å². The van der Waals surface area contributed by atoms with E-state index in [0.29, 0.717) is 6.04 Å². The van der Waals surface area contributed by atoms with Crippen LogP contribution in [-0.2, 0) is 0 Å². The van der Waals surface area contributed by atoms with Gasteiger partial charge in [0, 0.05) is 6.04 Å². The Labute approximate surface area is 94.1 Å². The molecule has 0 unspecified atom stereocenters. The first-order chi connectivity index (χ1) is 7.18. The Kier molecular flexibility index (Phi) is 3.05. The van der Waals surface area contributed by atoms with Gasteiger partial charge < -0.3 is 5.32 Å². The van der Waals surface area contributed by atoms with E-state index in [9.17, 15) is 4.79 Å². The molecular formula is C11H16N2OS. The first-order valence-electron chi connectivity index (χ1n) is 5.42. The van der Waals surface area contributed by atoms with E-state index in [2.05, 4.69) is 9.69 Å². The normalized spacial score (nSPS) is 16.9. The lowest BCUT2D eigenvalue weighted by molar-refractivity contribution is 0.101. The van der Waals surface area contributed by atoms with Crippen molar-refractivity contribution in [3.63, 3.8) is 0 Å². The monoisotopic (exact) mass is 224 g/mol.